The molecule has 1 heterocycles. The molecule has 0 radical (unpaired) electrons. The highest BCUT2D eigenvalue weighted by molar-refractivity contribution is 5.73. The van der Waals surface area contributed by atoms with Crippen LogP contribution in [0.25, 0.3) is 0 Å². The van der Waals surface area contributed by atoms with Crippen LogP contribution in [-0.4, -0.2) is 71.7 Å². The van der Waals surface area contributed by atoms with Gasteiger partial charge in [0.1, 0.15) is 30.1 Å². The minimum Gasteiger partial charge on any atom is -0.463 e. The molecule has 4 N–H and O–H groups in total. The molecule has 8 nitrogen and oxygen atoms in total. The van der Waals surface area contributed by atoms with Gasteiger partial charge in [0.05, 0.1) is 12.7 Å². The van der Waals surface area contributed by atoms with Crippen LogP contribution in [0.4, 0.5) is 0 Å². The van der Waals surface area contributed by atoms with Crippen molar-refractivity contribution in [1.82, 2.24) is 5.32 Å². The van der Waals surface area contributed by atoms with Crippen molar-refractivity contribution >= 4 is 5.91 Å². The Bertz CT molecular complexity index is 594. The molecule has 1 aliphatic rings. The summed E-state index contributed by atoms with van der Waals surface area (Å²) in [6.07, 6.45) is -2.79. The van der Waals surface area contributed by atoms with Gasteiger partial charge in [-0.2, -0.15) is 0 Å². The summed E-state index contributed by atoms with van der Waals surface area (Å²) in [6.45, 7) is 2.82. The number of ether oxygens (including phenoxy) is 3. The van der Waals surface area contributed by atoms with Crippen LogP contribution in [0.1, 0.15) is 25.8 Å². The number of rotatable bonds is 8. The number of amides is 1. The lowest BCUT2D eigenvalue weighted by Gasteiger charge is -2.42. The molecule has 1 saturated heterocycles. The Balaban J connectivity index is 2.06. The fraction of sp³-hybridized carbons (Fsp3) is 0.632. The van der Waals surface area contributed by atoms with Crippen molar-refractivity contribution in [3.8, 4) is 5.75 Å². The predicted molar refractivity (Wildman–Crippen MR) is 97.2 cm³/mol. The molecular weight excluding hydrogens is 354 g/mol. The van der Waals surface area contributed by atoms with Gasteiger partial charge in [-0.05, 0) is 37.5 Å². The molecule has 6 atom stereocenters. The minimum atomic E-state index is -1.34. The summed E-state index contributed by atoms with van der Waals surface area (Å²) in [7, 11) is 1.68. The number of aliphatic hydroxyl groups is 3. The van der Waals surface area contributed by atoms with E-state index in [4.69, 9.17) is 14.2 Å². The molecule has 0 saturated carbocycles. The molecule has 0 aromatic heterocycles. The molecule has 0 bridgehead atoms. The van der Waals surface area contributed by atoms with Gasteiger partial charge in [0.2, 0.25) is 12.2 Å². The summed E-state index contributed by atoms with van der Waals surface area (Å²) in [5, 5.41) is 32.2. The Labute approximate surface area is 159 Å². The van der Waals surface area contributed by atoms with Crippen LogP contribution in [0.3, 0.4) is 0 Å². The van der Waals surface area contributed by atoms with E-state index in [0.29, 0.717) is 5.75 Å². The second-order valence-corrected chi connectivity index (χ2v) is 6.78. The van der Waals surface area contributed by atoms with E-state index in [1.807, 2.05) is 19.1 Å². The lowest BCUT2D eigenvalue weighted by molar-refractivity contribution is -0.244. The normalized spacial score (nSPS) is 29.2. The van der Waals surface area contributed by atoms with Crippen LogP contribution in [0.2, 0.25) is 0 Å². The molecule has 1 aliphatic heterocycles. The summed E-state index contributed by atoms with van der Waals surface area (Å²) in [4.78, 5) is 11.4. The summed E-state index contributed by atoms with van der Waals surface area (Å²) in [5.41, 5.74) is 1.12. The molecule has 1 amide bonds. The van der Waals surface area contributed by atoms with Gasteiger partial charge in [-0.3, -0.25) is 4.79 Å². The van der Waals surface area contributed by atoms with Gasteiger partial charge in [-0.15, -0.1) is 0 Å². The van der Waals surface area contributed by atoms with E-state index in [9.17, 15) is 20.1 Å². The molecule has 2 rings (SSSR count). The zero-order chi connectivity index (χ0) is 20.0. The van der Waals surface area contributed by atoms with Gasteiger partial charge in [0, 0.05) is 14.0 Å². The van der Waals surface area contributed by atoms with Crippen LogP contribution in [0, 0.1) is 0 Å². The van der Waals surface area contributed by atoms with Crippen LogP contribution in [0.5, 0.6) is 5.75 Å². The van der Waals surface area contributed by atoms with Gasteiger partial charge in [-0.25, -0.2) is 0 Å². The number of methoxy groups -OCH3 is 1. The molecule has 0 aliphatic carbocycles. The number of benzene rings is 1. The molecule has 1 aromatic carbocycles. The first kappa shape index (κ1) is 21.6. The van der Waals surface area contributed by atoms with Crippen LogP contribution >= 0.6 is 0 Å². The maximum atomic E-state index is 11.4. The number of carbonyl (C=O) groups is 1. The number of hydrogen-bond acceptors (Lipinski definition) is 7. The van der Waals surface area contributed by atoms with Crippen LogP contribution in [-0.2, 0) is 20.7 Å². The second-order valence-electron chi connectivity index (χ2n) is 6.78. The average molecular weight is 383 g/mol. The number of carbonyl (C=O) groups excluding carboxylic acids is 1. The maximum Gasteiger partial charge on any atom is 0.223 e. The van der Waals surface area contributed by atoms with Crippen molar-refractivity contribution in [2.24, 2.45) is 0 Å². The molecule has 27 heavy (non-hydrogen) atoms. The summed E-state index contributed by atoms with van der Waals surface area (Å²) in [6, 6.07) is 6.41. The first-order valence-corrected chi connectivity index (χ1v) is 9.03. The summed E-state index contributed by atoms with van der Waals surface area (Å²) >= 11 is 0. The summed E-state index contributed by atoms with van der Waals surface area (Å²) < 4.78 is 16.6. The predicted octanol–water partition coefficient (Wildman–Crippen LogP) is -0.0234. The van der Waals surface area contributed by atoms with Crippen LogP contribution in [0.15, 0.2) is 24.3 Å². The van der Waals surface area contributed by atoms with E-state index < -0.39 is 43.2 Å². The molecule has 1 aromatic rings. The topological polar surface area (TPSA) is 117 Å². The average Bonchev–Trinajstić information content (AvgIpc) is 2.66. The lowest BCUT2D eigenvalue weighted by atomic mass is 9.97. The van der Waals surface area contributed by atoms with Gasteiger partial charge < -0.3 is 34.8 Å². The third kappa shape index (κ3) is 5.88. The maximum absolute atomic E-state index is 11.4. The third-order valence-electron chi connectivity index (χ3n) is 4.67. The standard InChI is InChI=1S/C19H29NO7/c1-11(25-3)4-5-13-6-8-14(9-7-13)26-19-16(20-12(2)22)18(24)17(23)15(10-21)27-19/h6-9,11,15-19,21,23-24H,4-5,10H2,1-3H3,(H,20,22)/t11?,15-,16-,17+,18-,19+/m1/s1. The van der Waals surface area contributed by atoms with E-state index in [-0.39, 0.29) is 6.10 Å². The molecule has 1 fully saturated rings. The number of nitrogens with one attached hydrogen (secondary N) is 1. The number of aliphatic hydroxyl groups excluding tert-OH is 3. The van der Waals surface area contributed by atoms with Crippen molar-refractivity contribution in [2.75, 3.05) is 13.7 Å². The van der Waals surface area contributed by atoms with E-state index in [1.54, 1.807) is 19.2 Å². The quantitative estimate of drug-likeness (QED) is 0.498. The molecule has 152 valence electrons. The van der Waals surface area contributed by atoms with Crippen molar-refractivity contribution in [3.05, 3.63) is 29.8 Å². The number of hydrogen-bond donors (Lipinski definition) is 4. The van der Waals surface area contributed by atoms with E-state index in [1.165, 1.54) is 6.92 Å². The lowest BCUT2D eigenvalue weighted by Crippen LogP contribution is -2.65. The molecule has 1 unspecified atom stereocenters. The monoisotopic (exact) mass is 383 g/mol. The summed E-state index contributed by atoms with van der Waals surface area (Å²) in [5.74, 6) is 0.0904. The zero-order valence-electron chi connectivity index (χ0n) is 15.9. The molecule has 0 spiro atoms. The SMILES string of the molecule is COC(C)CCc1ccc(O[C@H]2O[C@H](CO)[C@H](O)[C@H](O)[C@H]2NC(C)=O)cc1. The van der Waals surface area contributed by atoms with Gasteiger partial charge in [0.15, 0.2) is 0 Å². The number of aryl methyl sites for hydroxylation is 1. The largest absolute Gasteiger partial charge is 0.463 e. The van der Waals surface area contributed by atoms with E-state index >= 15 is 0 Å². The molecule has 8 heteroatoms. The van der Waals surface area contributed by atoms with E-state index in [0.717, 1.165) is 18.4 Å². The highest BCUT2D eigenvalue weighted by Gasteiger charge is 2.46. The Morgan fingerprint density at radius 1 is 1.26 bits per heavy atom. The first-order chi connectivity index (χ1) is 12.8. The second kappa shape index (κ2) is 10.0. The Morgan fingerprint density at radius 2 is 1.93 bits per heavy atom. The van der Waals surface area contributed by atoms with Gasteiger partial charge in [0.25, 0.3) is 0 Å². The Morgan fingerprint density at radius 3 is 2.48 bits per heavy atom. The zero-order valence-corrected chi connectivity index (χ0v) is 15.9. The Hall–Kier alpha value is -1.71. The Kier molecular flexibility index (Phi) is 8.00. The molecular formula is C19H29NO7. The van der Waals surface area contributed by atoms with Crippen molar-refractivity contribution < 1.29 is 34.3 Å². The third-order valence-corrected chi connectivity index (χ3v) is 4.67. The van der Waals surface area contributed by atoms with Crippen molar-refractivity contribution in [2.45, 2.75) is 63.4 Å². The fourth-order valence-corrected chi connectivity index (χ4v) is 2.93. The smallest absolute Gasteiger partial charge is 0.223 e. The van der Waals surface area contributed by atoms with Crippen molar-refractivity contribution in [1.29, 1.82) is 0 Å². The van der Waals surface area contributed by atoms with Crippen molar-refractivity contribution in [3.63, 3.8) is 0 Å². The minimum absolute atomic E-state index is 0.179. The first-order valence-electron chi connectivity index (χ1n) is 9.03. The van der Waals surface area contributed by atoms with Gasteiger partial charge in [-0.1, -0.05) is 12.1 Å². The van der Waals surface area contributed by atoms with Crippen LogP contribution < -0.4 is 10.1 Å². The van der Waals surface area contributed by atoms with Gasteiger partial charge >= 0.3 is 0 Å². The highest BCUT2D eigenvalue weighted by Crippen LogP contribution is 2.25. The van der Waals surface area contributed by atoms with E-state index in [2.05, 4.69) is 5.32 Å². The highest BCUT2D eigenvalue weighted by atomic mass is 16.7. The fourth-order valence-electron chi connectivity index (χ4n) is 2.93.